The number of hydrogen-bond donors (Lipinski definition) is 1. The normalized spacial score (nSPS) is 16.7. The van der Waals surface area contributed by atoms with E-state index in [0.717, 1.165) is 44.6 Å². The van der Waals surface area contributed by atoms with Crippen LogP contribution in [0.3, 0.4) is 0 Å². The minimum Gasteiger partial charge on any atom is -0.493 e. The van der Waals surface area contributed by atoms with E-state index in [2.05, 4.69) is 17.0 Å². The molecule has 0 saturated heterocycles. The van der Waals surface area contributed by atoms with Crippen LogP contribution < -0.4 is 23.8 Å². The maximum atomic E-state index is 10.3. The van der Waals surface area contributed by atoms with Crippen molar-refractivity contribution < 1.29 is 24.1 Å². The Bertz CT molecular complexity index is 1090. The van der Waals surface area contributed by atoms with Crippen LogP contribution in [0.25, 0.3) is 21.9 Å². The summed E-state index contributed by atoms with van der Waals surface area (Å²) in [7, 11) is 5.24. The molecule has 0 spiro atoms. The van der Waals surface area contributed by atoms with E-state index < -0.39 is 0 Å². The van der Waals surface area contributed by atoms with Crippen LogP contribution in [-0.2, 0) is 0 Å². The van der Waals surface area contributed by atoms with Gasteiger partial charge < -0.3 is 29.0 Å². The first-order chi connectivity index (χ1) is 13.7. The molecule has 5 rings (SSSR count). The van der Waals surface area contributed by atoms with E-state index in [1.54, 1.807) is 14.2 Å². The van der Waals surface area contributed by atoms with Gasteiger partial charge in [0, 0.05) is 23.6 Å². The van der Waals surface area contributed by atoms with Crippen LogP contribution in [0.4, 0.5) is 5.69 Å². The average Bonchev–Trinajstić information content (AvgIpc) is 3.18. The van der Waals surface area contributed by atoms with Gasteiger partial charge in [-0.15, -0.1) is 0 Å². The fourth-order valence-corrected chi connectivity index (χ4v) is 4.37. The molecule has 3 aromatic rings. The summed E-state index contributed by atoms with van der Waals surface area (Å²) < 4.78 is 22.3. The van der Waals surface area contributed by atoms with E-state index in [-0.39, 0.29) is 19.4 Å². The summed E-state index contributed by atoms with van der Waals surface area (Å²) in [4.78, 5) is 2.10. The molecule has 1 unspecified atom stereocenters. The average molecular weight is 379 g/mol. The van der Waals surface area contributed by atoms with Crippen LogP contribution in [0, 0.1) is 0 Å². The molecule has 0 fully saturated rings. The van der Waals surface area contributed by atoms with Gasteiger partial charge in [0.15, 0.2) is 23.0 Å². The summed E-state index contributed by atoms with van der Waals surface area (Å²) in [5.41, 5.74) is 4.09. The van der Waals surface area contributed by atoms with E-state index in [9.17, 15) is 5.11 Å². The maximum absolute atomic E-state index is 10.3. The first kappa shape index (κ1) is 17.0. The largest absolute Gasteiger partial charge is 0.493 e. The highest BCUT2D eigenvalue weighted by atomic mass is 16.7. The number of benzene rings is 3. The number of aliphatic hydroxyl groups is 1. The zero-order valence-electron chi connectivity index (χ0n) is 16.0. The molecule has 2 aliphatic rings. The third kappa shape index (κ3) is 2.18. The van der Waals surface area contributed by atoms with Gasteiger partial charge in [-0.1, -0.05) is 12.1 Å². The van der Waals surface area contributed by atoms with Crippen molar-refractivity contribution in [3.05, 3.63) is 42.0 Å². The highest BCUT2D eigenvalue weighted by Crippen LogP contribution is 2.53. The van der Waals surface area contributed by atoms with Gasteiger partial charge >= 0.3 is 0 Å². The van der Waals surface area contributed by atoms with Gasteiger partial charge in [0.25, 0.3) is 0 Å². The molecule has 0 radical (unpaired) electrons. The molecule has 0 amide bonds. The molecule has 0 bridgehead atoms. The Morgan fingerprint density at radius 2 is 1.79 bits per heavy atom. The SMILES string of the molecule is COc1ccc2c(c1OC)C(CO)N(C)c1c-2ccc2cc3c(cc12)OCO3. The summed E-state index contributed by atoms with van der Waals surface area (Å²) in [5, 5.41) is 12.4. The molecule has 2 heterocycles. The smallest absolute Gasteiger partial charge is 0.231 e. The van der Waals surface area contributed by atoms with Gasteiger partial charge in [-0.05, 0) is 35.2 Å². The summed E-state index contributed by atoms with van der Waals surface area (Å²) in [6, 6.07) is 11.9. The van der Waals surface area contributed by atoms with Crippen molar-refractivity contribution in [2.24, 2.45) is 0 Å². The predicted octanol–water partition coefficient (Wildman–Crippen LogP) is 3.74. The monoisotopic (exact) mass is 379 g/mol. The number of aliphatic hydroxyl groups excluding tert-OH is 1. The standard InChI is InChI=1S/C22H21NO5/c1-23-16(10-24)20-13(6-7-17(25-2)22(20)26-3)14-5-4-12-8-18-19(28-11-27-18)9-15(12)21(14)23/h4-9,16,24H,10-11H2,1-3H3. The predicted molar refractivity (Wildman–Crippen MR) is 107 cm³/mol. The number of anilines is 1. The van der Waals surface area contributed by atoms with E-state index >= 15 is 0 Å². The number of rotatable bonds is 3. The minimum atomic E-state index is -0.261. The van der Waals surface area contributed by atoms with Crippen LogP contribution in [0.2, 0.25) is 0 Å². The van der Waals surface area contributed by atoms with Crippen molar-refractivity contribution in [3.8, 4) is 34.1 Å². The molecule has 2 aliphatic heterocycles. The lowest BCUT2D eigenvalue weighted by Crippen LogP contribution is -2.31. The van der Waals surface area contributed by atoms with E-state index in [4.69, 9.17) is 18.9 Å². The molecular weight excluding hydrogens is 358 g/mol. The van der Waals surface area contributed by atoms with E-state index in [1.165, 1.54) is 0 Å². The van der Waals surface area contributed by atoms with Crippen LogP contribution in [0.5, 0.6) is 23.0 Å². The minimum absolute atomic E-state index is 0.0482. The zero-order valence-corrected chi connectivity index (χ0v) is 16.0. The van der Waals surface area contributed by atoms with Gasteiger partial charge in [-0.25, -0.2) is 0 Å². The van der Waals surface area contributed by atoms with Gasteiger partial charge in [-0.3, -0.25) is 0 Å². The lowest BCUT2D eigenvalue weighted by atomic mass is 9.85. The summed E-state index contributed by atoms with van der Waals surface area (Å²) in [6.45, 7) is 0.191. The second kappa shape index (κ2) is 6.21. The molecular formula is C22H21NO5. The molecule has 6 nitrogen and oxygen atoms in total. The maximum Gasteiger partial charge on any atom is 0.231 e. The third-order valence-corrected chi connectivity index (χ3v) is 5.69. The molecule has 1 atom stereocenters. The van der Waals surface area contributed by atoms with Gasteiger partial charge in [0.2, 0.25) is 6.79 Å². The van der Waals surface area contributed by atoms with Crippen molar-refractivity contribution in [1.29, 1.82) is 0 Å². The number of ether oxygens (including phenoxy) is 4. The highest BCUT2D eigenvalue weighted by Gasteiger charge is 2.34. The molecule has 144 valence electrons. The van der Waals surface area contributed by atoms with Gasteiger partial charge in [0.1, 0.15) is 0 Å². The van der Waals surface area contributed by atoms with Crippen molar-refractivity contribution in [2.75, 3.05) is 39.6 Å². The lowest BCUT2D eigenvalue weighted by Gasteiger charge is -2.38. The van der Waals surface area contributed by atoms with Crippen molar-refractivity contribution >= 4 is 16.5 Å². The summed E-state index contributed by atoms with van der Waals surface area (Å²) in [6.07, 6.45) is 0. The number of likely N-dealkylation sites (N-methyl/N-ethyl adjacent to an activating group) is 1. The number of hydrogen-bond acceptors (Lipinski definition) is 6. The third-order valence-electron chi connectivity index (χ3n) is 5.69. The second-order valence-electron chi connectivity index (χ2n) is 6.96. The Kier molecular flexibility index (Phi) is 3.77. The Morgan fingerprint density at radius 1 is 1.04 bits per heavy atom. The summed E-state index contributed by atoms with van der Waals surface area (Å²) in [5.74, 6) is 2.81. The van der Waals surface area contributed by atoms with Crippen molar-refractivity contribution in [1.82, 2.24) is 0 Å². The fourth-order valence-electron chi connectivity index (χ4n) is 4.37. The van der Waals surface area contributed by atoms with Gasteiger partial charge in [-0.2, -0.15) is 0 Å². The van der Waals surface area contributed by atoms with Crippen molar-refractivity contribution in [2.45, 2.75) is 6.04 Å². The fraction of sp³-hybridized carbons (Fsp3) is 0.273. The second-order valence-corrected chi connectivity index (χ2v) is 6.96. The quantitative estimate of drug-likeness (QED) is 0.748. The Labute approximate surface area is 162 Å². The Morgan fingerprint density at radius 3 is 2.50 bits per heavy atom. The van der Waals surface area contributed by atoms with E-state index in [0.29, 0.717) is 11.5 Å². The van der Waals surface area contributed by atoms with E-state index in [1.807, 2.05) is 31.3 Å². The topological polar surface area (TPSA) is 60.4 Å². The molecule has 1 N–H and O–H groups in total. The lowest BCUT2D eigenvalue weighted by molar-refractivity contribution is 0.174. The zero-order chi connectivity index (χ0) is 19.4. The molecule has 28 heavy (non-hydrogen) atoms. The van der Waals surface area contributed by atoms with Gasteiger partial charge in [0.05, 0.1) is 32.6 Å². The molecule has 0 saturated carbocycles. The summed E-state index contributed by atoms with van der Waals surface area (Å²) >= 11 is 0. The number of fused-ring (bicyclic) bond motifs is 6. The van der Waals surface area contributed by atoms with Crippen LogP contribution in [-0.4, -0.2) is 39.8 Å². The van der Waals surface area contributed by atoms with Crippen LogP contribution in [0.1, 0.15) is 11.6 Å². The molecule has 0 aliphatic carbocycles. The van der Waals surface area contributed by atoms with Crippen molar-refractivity contribution in [3.63, 3.8) is 0 Å². The first-order valence-electron chi connectivity index (χ1n) is 9.13. The highest BCUT2D eigenvalue weighted by molar-refractivity contribution is 6.05. The number of nitrogens with zero attached hydrogens (tertiary/aromatic N) is 1. The number of methoxy groups -OCH3 is 2. The Balaban J connectivity index is 1.84. The first-order valence-corrected chi connectivity index (χ1v) is 9.13. The molecule has 6 heteroatoms. The molecule has 0 aromatic heterocycles. The Hall–Kier alpha value is -3.12. The molecule has 3 aromatic carbocycles. The van der Waals surface area contributed by atoms with Crippen LogP contribution >= 0.6 is 0 Å². The van der Waals surface area contributed by atoms with Crippen LogP contribution in [0.15, 0.2) is 36.4 Å².